The van der Waals surface area contributed by atoms with Crippen LogP contribution in [0, 0.1) is 5.92 Å². The van der Waals surface area contributed by atoms with Crippen LogP contribution >= 0.6 is 0 Å². The number of nitrogens with one attached hydrogen (secondary N) is 2. The van der Waals surface area contributed by atoms with Gasteiger partial charge in [-0.1, -0.05) is 36.4 Å². The van der Waals surface area contributed by atoms with E-state index < -0.39 is 0 Å². The summed E-state index contributed by atoms with van der Waals surface area (Å²) < 4.78 is 0. The molecular formula is C18H17N3O. The van der Waals surface area contributed by atoms with Gasteiger partial charge in [-0.25, -0.2) is 0 Å². The van der Waals surface area contributed by atoms with Crippen molar-refractivity contribution in [3.05, 3.63) is 65.9 Å². The second-order valence-corrected chi connectivity index (χ2v) is 5.87. The van der Waals surface area contributed by atoms with Gasteiger partial charge in [-0.15, -0.1) is 0 Å². The first-order valence-corrected chi connectivity index (χ1v) is 7.60. The van der Waals surface area contributed by atoms with Crippen molar-refractivity contribution in [2.45, 2.75) is 18.9 Å². The average Bonchev–Trinajstić information content (AvgIpc) is 3.29. The lowest BCUT2D eigenvalue weighted by Gasteiger charge is -2.19. The molecule has 4 heteroatoms. The molecule has 4 rings (SSSR count). The minimum atomic E-state index is -0.0303. The van der Waals surface area contributed by atoms with Crippen LogP contribution in [0.15, 0.2) is 54.7 Å². The van der Waals surface area contributed by atoms with Gasteiger partial charge in [0.1, 0.15) is 0 Å². The van der Waals surface area contributed by atoms with Crippen molar-refractivity contribution < 1.29 is 4.79 Å². The number of rotatable bonds is 4. The molecule has 4 nitrogen and oxygen atoms in total. The molecule has 0 radical (unpaired) electrons. The highest BCUT2D eigenvalue weighted by Crippen LogP contribution is 2.41. The van der Waals surface area contributed by atoms with Gasteiger partial charge in [0.2, 0.25) is 0 Å². The van der Waals surface area contributed by atoms with Crippen molar-refractivity contribution in [2.24, 2.45) is 5.92 Å². The Labute approximate surface area is 128 Å². The number of H-pyrrole nitrogens is 1. The first-order chi connectivity index (χ1) is 10.8. The molecule has 1 saturated carbocycles. The Morgan fingerprint density at radius 2 is 2.00 bits per heavy atom. The molecule has 0 bridgehead atoms. The molecule has 1 aromatic heterocycles. The summed E-state index contributed by atoms with van der Waals surface area (Å²) in [6.45, 7) is 0. The third kappa shape index (κ3) is 2.48. The maximum atomic E-state index is 12.6. The Morgan fingerprint density at radius 1 is 1.18 bits per heavy atom. The summed E-state index contributed by atoms with van der Waals surface area (Å²) in [7, 11) is 0. The molecule has 1 amide bonds. The van der Waals surface area contributed by atoms with Gasteiger partial charge in [0.15, 0.2) is 0 Å². The third-order valence-corrected chi connectivity index (χ3v) is 4.24. The number of nitrogens with zero attached hydrogens (tertiary/aromatic N) is 1. The van der Waals surface area contributed by atoms with E-state index in [1.54, 1.807) is 6.20 Å². The number of carbonyl (C=O) groups is 1. The Bertz CT molecular complexity index is 805. The van der Waals surface area contributed by atoms with Crippen molar-refractivity contribution >= 4 is 16.8 Å². The quantitative estimate of drug-likeness (QED) is 0.773. The van der Waals surface area contributed by atoms with E-state index in [0.717, 1.165) is 10.9 Å². The first kappa shape index (κ1) is 13.1. The highest BCUT2D eigenvalue weighted by atomic mass is 16.1. The van der Waals surface area contributed by atoms with Crippen LogP contribution in [0.4, 0.5) is 0 Å². The average molecular weight is 291 g/mol. The lowest BCUT2D eigenvalue weighted by molar-refractivity contribution is 0.0932. The van der Waals surface area contributed by atoms with Crippen LogP contribution in [-0.4, -0.2) is 16.1 Å². The molecule has 1 atom stereocenters. The minimum Gasteiger partial charge on any atom is -0.345 e. The molecule has 22 heavy (non-hydrogen) atoms. The van der Waals surface area contributed by atoms with Gasteiger partial charge >= 0.3 is 0 Å². The fourth-order valence-corrected chi connectivity index (χ4v) is 2.87. The third-order valence-electron chi connectivity index (χ3n) is 4.24. The normalized spacial score (nSPS) is 15.6. The van der Waals surface area contributed by atoms with E-state index in [9.17, 15) is 4.79 Å². The summed E-state index contributed by atoms with van der Waals surface area (Å²) in [5.41, 5.74) is 2.73. The first-order valence-electron chi connectivity index (χ1n) is 7.60. The molecule has 0 aliphatic heterocycles. The summed E-state index contributed by atoms with van der Waals surface area (Å²) in [5.74, 6) is 0.527. The Kier molecular flexibility index (Phi) is 3.15. The zero-order valence-corrected chi connectivity index (χ0v) is 12.1. The number of carbonyl (C=O) groups excluding carboxylic acids is 1. The van der Waals surface area contributed by atoms with E-state index in [2.05, 4.69) is 27.6 Å². The maximum absolute atomic E-state index is 12.6. The van der Waals surface area contributed by atoms with Crippen LogP contribution in [0.2, 0.25) is 0 Å². The second kappa shape index (κ2) is 5.30. The smallest absolute Gasteiger partial charge is 0.251 e. The summed E-state index contributed by atoms with van der Waals surface area (Å²) in [6, 6.07) is 15.9. The van der Waals surface area contributed by atoms with E-state index in [4.69, 9.17) is 0 Å². The number of aromatic nitrogens is 2. The SMILES string of the molecule is O=C(NC(c1ccccc1)C1CC1)c1ccc2cn[nH]c2c1. The Hall–Kier alpha value is -2.62. The van der Waals surface area contributed by atoms with Crippen LogP contribution < -0.4 is 5.32 Å². The van der Waals surface area contributed by atoms with E-state index in [-0.39, 0.29) is 11.9 Å². The monoisotopic (exact) mass is 291 g/mol. The number of fused-ring (bicyclic) bond motifs is 1. The highest BCUT2D eigenvalue weighted by molar-refractivity contribution is 5.97. The molecule has 3 aromatic rings. The van der Waals surface area contributed by atoms with Gasteiger partial charge < -0.3 is 5.32 Å². The molecular weight excluding hydrogens is 274 g/mol. The van der Waals surface area contributed by atoms with Gasteiger partial charge in [-0.3, -0.25) is 9.89 Å². The molecule has 1 fully saturated rings. The van der Waals surface area contributed by atoms with Crippen molar-refractivity contribution in [3.8, 4) is 0 Å². The molecule has 1 unspecified atom stereocenters. The lowest BCUT2D eigenvalue weighted by Crippen LogP contribution is -2.29. The van der Waals surface area contributed by atoms with E-state index in [1.165, 1.54) is 18.4 Å². The summed E-state index contributed by atoms with van der Waals surface area (Å²) in [6.07, 6.45) is 4.12. The molecule has 1 heterocycles. The molecule has 110 valence electrons. The van der Waals surface area contributed by atoms with E-state index in [0.29, 0.717) is 11.5 Å². The highest BCUT2D eigenvalue weighted by Gasteiger charge is 2.33. The topological polar surface area (TPSA) is 57.8 Å². The van der Waals surface area contributed by atoms with Crippen LogP contribution in [0.3, 0.4) is 0 Å². The van der Waals surface area contributed by atoms with Gasteiger partial charge in [0, 0.05) is 10.9 Å². The number of amides is 1. The summed E-state index contributed by atoms with van der Waals surface area (Å²) in [5, 5.41) is 11.1. The van der Waals surface area contributed by atoms with Crippen LogP contribution in [0.1, 0.15) is 34.8 Å². The molecule has 2 aromatic carbocycles. The zero-order chi connectivity index (χ0) is 14.9. The van der Waals surface area contributed by atoms with Gasteiger partial charge in [0.25, 0.3) is 5.91 Å². The molecule has 1 aliphatic carbocycles. The molecule has 1 aliphatic rings. The summed E-state index contributed by atoms with van der Waals surface area (Å²) >= 11 is 0. The predicted octanol–water partition coefficient (Wildman–Crippen LogP) is 3.44. The van der Waals surface area contributed by atoms with Crippen LogP contribution in [0.5, 0.6) is 0 Å². The van der Waals surface area contributed by atoms with E-state index >= 15 is 0 Å². The fourth-order valence-electron chi connectivity index (χ4n) is 2.87. The zero-order valence-electron chi connectivity index (χ0n) is 12.1. The van der Waals surface area contributed by atoms with Crippen molar-refractivity contribution in [2.75, 3.05) is 0 Å². The second-order valence-electron chi connectivity index (χ2n) is 5.87. The van der Waals surface area contributed by atoms with Crippen LogP contribution in [-0.2, 0) is 0 Å². The fraction of sp³-hybridized carbons (Fsp3) is 0.222. The van der Waals surface area contributed by atoms with E-state index in [1.807, 2.05) is 36.4 Å². The van der Waals surface area contributed by atoms with Gasteiger partial charge in [0.05, 0.1) is 17.8 Å². The van der Waals surface area contributed by atoms with Crippen molar-refractivity contribution in [3.63, 3.8) is 0 Å². The van der Waals surface area contributed by atoms with Crippen LogP contribution in [0.25, 0.3) is 10.9 Å². The Morgan fingerprint density at radius 3 is 2.77 bits per heavy atom. The maximum Gasteiger partial charge on any atom is 0.251 e. The number of hydrogen-bond acceptors (Lipinski definition) is 2. The van der Waals surface area contributed by atoms with Crippen molar-refractivity contribution in [1.82, 2.24) is 15.5 Å². The predicted molar refractivity (Wildman–Crippen MR) is 85.5 cm³/mol. The molecule has 2 N–H and O–H groups in total. The number of hydrogen-bond donors (Lipinski definition) is 2. The number of aromatic amines is 1. The minimum absolute atomic E-state index is 0.0303. The largest absolute Gasteiger partial charge is 0.345 e. The Balaban J connectivity index is 1.59. The lowest BCUT2D eigenvalue weighted by atomic mass is 10.0. The summed E-state index contributed by atoms with van der Waals surface area (Å²) in [4.78, 5) is 12.6. The standard InChI is InChI=1S/C18H17N3O/c22-18(14-8-9-15-11-19-21-16(15)10-14)20-17(13-6-7-13)12-4-2-1-3-5-12/h1-5,8-11,13,17H,6-7H2,(H,19,21)(H,20,22). The number of benzene rings is 2. The van der Waals surface area contributed by atoms with Crippen molar-refractivity contribution in [1.29, 1.82) is 0 Å². The van der Waals surface area contributed by atoms with Gasteiger partial charge in [-0.05, 0) is 36.5 Å². The van der Waals surface area contributed by atoms with Gasteiger partial charge in [-0.2, -0.15) is 5.10 Å². The molecule has 0 spiro atoms. The molecule has 0 saturated heterocycles.